The van der Waals surface area contributed by atoms with E-state index >= 15 is 0 Å². The Labute approximate surface area is 155 Å². The summed E-state index contributed by atoms with van der Waals surface area (Å²) >= 11 is -1.17. The molecule has 0 aromatic heterocycles. The minimum absolute atomic E-state index is 0.206. The Morgan fingerprint density at radius 3 is 2.77 bits per heavy atom. The minimum atomic E-state index is -1.17. The second-order valence-corrected chi connectivity index (χ2v) is 8.10. The van der Waals surface area contributed by atoms with E-state index in [0.29, 0.717) is 24.3 Å². The van der Waals surface area contributed by atoms with Crippen LogP contribution >= 0.6 is 0 Å². The van der Waals surface area contributed by atoms with E-state index in [0.717, 1.165) is 26.3 Å². The fourth-order valence-electron chi connectivity index (χ4n) is 3.30. The van der Waals surface area contributed by atoms with Crippen LogP contribution in [0.4, 0.5) is 15.8 Å². The molecule has 26 heavy (non-hydrogen) atoms. The van der Waals surface area contributed by atoms with Crippen molar-refractivity contribution in [2.24, 2.45) is 5.41 Å². The molecule has 2 atom stereocenters. The van der Waals surface area contributed by atoms with E-state index in [1.54, 1.807) is 12.1 Å². The third-order valence-electron chi connectivity index (χ3n) is 4.85. The minimum Gasteiger partial charge on any atom is -0.598 e. The van der Waals surface area contributed by atoms with Gasteiger partial charge in [-0.15, -0.1) is 4.72 Å². The number of anilines is 2. The number of amides is 1. The molecule has 2 saturated heterocycles. The molecule has 0 aliphatic carbocycles. The quantitative estimate of drug-likeness (QED) is 0.493. The number of ether oxygens (including phenoxy) is 2. The Morgan fingerprint density at radius 1 is 1.54 bits per heavy atom. The first kappa shape index (κ1) is 19.4. The maximum Gasteiger partial charge on any atom is 0.214 e. The molecule has 0 radical (unpaired) electrons. The first-order valence-electron chi connectivity index (χ1n) is 8.40. The first-order chi connectivity index (χ1) is 12.5. The van der Waals surface area contributed by atoms with Crippen LogP contribution in [0.15, 0.2) is 18.2 Å². The summed E-state index contributed by atoms with van der Waals surface area (Å²) in [6.45, 7) is 3.64. The lowest BCUT2D eigenvalue weighted by atomic mass is 9.78. The lowest BCUT2D eigenvalue weighted by Crippen LogP contribution is -2.66. The molecule has 2 aliphatic heterocycles. The summed E-state index contributed by atoms with van der Waals surface area (Å²) in [5.41, 5.74) is 1.21. The van der Waals surface area contributed by atoms with E-state index in [-0.39, 0.29) is 23.9 Å². The van der Waals surface area contributed by atoms with Crippen LogP contribution < -0.4 is 14.5 Å². The van der Waals surface area contributed by atoms with Gasteiger partial charge in [-0.05, 0) is 18.2 Å². The van der Waals surface area contributed by atoms with Gasteiger partial charge in [-0.2, -0.15) is 0 Å². The molecule has 7 nitrogen and oxygen atoms in total. The number of carbonyl (C=O) groups excluding carboxylic acids is 1. The van der Waals surface area contributed by atoms with Crippen molar-refractivity contribution < 1.29 is 23.2 Å². The van der Waals surface area contributed by atoms with Crippen molar-refractivity contribution in [1.29, 1.82) is 0 Å². The van der Waals surface area contributed by atoms with Gasteiger partial charge in [0.1, 0.15) is 12.1 Å². The summed E-state index contributed by atoms with van der Waals surface area (Å²) in [6, 6.07) is 4.80. The van der Waals surface area contributed by atoms with Crippen molar-refractivity contribution in [3.8, 4) is 0 Å². The van der Waals surface area contributed by atoms with Gasteiger partial charge in [0.05, 0.1) is 43.5 Å². The first-order valence-corrected chi connectivity index (χ1v) is 9.96. The van der Waals surface area contributed by atoms with E-state index in [4.69, 9.17) is 9.47 Å². The van der Waals surface area contributed by atoms with Crippen molar-refractivity contribution >= 4 is 29.1 Å². The molecule has 1 N–H and O–H groups in total. The van der Waals surface area contributed by atoms with Crippen LogP contribution in [0.25, 0.3) is 0 Å². The predicted octanol–water partition coefficient (Wildman–Crippen LogP) is 0.523. The van der Waals surface area contributed by atoms with Crippen LogP contribution in [0.5, 0.6) is 0 Å². The summed E-state index contributed by atoms with van der Waals surface area (Å²) in [4.78, 5) is 14.8. The van der Waals surface area contributed by atoms with Gasteiger partial charge in [0.2, 0.25) is 6.41 Å². The third-order valence-corrected chi connectivity index (χ3v) is 5.42. The summed E-state index contributed by atoms with van der Waals surface area (Å²) in [5, 5.41) is 0. The van der Waals surface area contributed by atoms with Gasteiger partial charge in [-0.1, -0.05) is 0 Å². The molecular weight excluding hydrogens is 361 g/mol. The maximum absolute atomic E-state index is 14.6. The number of halogens is 1. The number of hydrogen-bond acceptors (Lipinski definition) is 6. The van der Waals surface area contributed by atoms with Crippen LogP contribution in [0, 0.1) is 11.2 Å². The van der Waals surface area contributed by atoms with E-state index < -0.39 is 11.4 Å². The highest BCUT2D eigenvalue weighted by Crippen LogP contribution is 2.41. The lowest BCUT2D eigenvalue weighted by molar-refractivity contribution is -0.127. The lowest BCUT2D eigenvalue weighted by Gasteiger charge is -2.56. The highest BCUT2D eigenvalue weighted by atomic mass is 32.2. The van der Waals surface area contributed by atoms with Crippen LogP contribution in [-0.2, 0) is 25.6 Å². The number of rotatable bonds is 9. The van der Waals surface area contributed by atoms with Crippen LogP contribution in [0.2, 0.25) is 0 Å². The molecule has 0 saturated carbocycles. The second-order valence-electron chi connectivity index (χ2n) is 6.90. The zero-order chi connectivity index (χ0) is 18.7. The summed E-state index contributed by atoms with van der Waals surface area (Å²) in [5.74, 6) is -0.355. The molecule has 1 aromatic rings. The average molecular weight is 385 g/mol. The van der Waals surface area contributed by atoms with Crippen molar-refractivity contribution in [1.82, 2.24) is 4.72 Å². The number of methoxy groups -OCH3 is 1. The Bertz CT molecular complexity index is 636. The molecular formula is C17H24FN3O4S. The van der Waals surface area contributed by atoms with E-state index in [1.807, 2.05) is 4.90 Å². The molecule has 2 unspecified atom stereocenters. The number of nitrogens with one attached hydrogen (secondary N) is 1. The largest absolute Gasteiger partial charge is 0.598 e. The van der Waals surface area contributed by atoms with Gasteiger partial charge < -0.3 is 23.8 Å². The van der Waals surface area contributed by atoms with Crippen LogP contribution in [0.1, 0.15) is 0 Å². The Morgan fingerprint density at radius 2 is 2.27 bits per heavy atom. The predicted molar refractivity (Wildman–Crippen MR) is 98.1 cm³/mol. The molecule has 1 spiro atoms. The van der Waals surface area contributed by atoms with Crippen molar-refractivity contribution in [3.05, 3.63) is 24.0 Å². The van der Waals surface area contributed by atoms with Gasteiger partial charge in [0.25, 0.3) is 0 Å². The smallest absolute Gasteiger partial charge is 0.214 e. The third kappa shape index (κ3) is 4.12. The summed E-state index contributed by atoms with van der Waals surface area (Å²) in [7, 11) is 1.52. The van der Waals surface area contributed by atoms with Crippen LogP contribution in [-0.4, -0.2) is 69.8 Å². The van der Waals surface area contributed by atoms with E-state index in [1.165, 1.54) is 24.3 Å². The van der Waals surface area contributed by atoms with Gasteiger partial charge in [0.15, 0.2) is 0 Å². The molecule has 2 fully saturated rings. The molecule has 1 amide bonds. The van der Waals surface area contributed by atoms with Crippen molar-refractivity contribution in [2.75, 3.05) is 62.6 Å². The molecule has 0 bridgehead atoms. The van der Waals surface area contributed by atoms with Gasteiger partial charge >= 0.3 is 0 Å². The fourth-order valence-corrected chi connectivity index (χ4v) is 3.72. The van der Waals surface area contributed by atoms with E-state index in [9.17, 15) is 13.7 Å². The average Bonchev–Trinajstić information content (AvgIpc) is 2.54. The monoisotopic (exact) mass is 385 g/mol. The van der Waals surface area contributed by atoms with E-state index in [2.05, 4.69) is 4.72 Å². The highest BCUT2D eigenvalue weighted by Gasteiger charge is 2.49. The summed E-state index contributed by atoms with van der Waals surface area (Å²) < 4.78 is 39.0. The normalized spacial score (nSPS) is 20.2. The van der Waals surface area contributed by atoms with Crippen molar-refractivity contribution in [2.45, 2.75) is 6.10 Å². The summed E-state index contributed by atoms with van der Waals surface area (Å²) in [6.07, 6.45) is 1.81. The molecule has 144 valence electrons. The molecule has 3 rings (SSSR count). The van der Waals surface area contributed by atoms with Gasteiger partial charge in [-0.3, -0.25) is 4.79 Å². The maximum atomic E-state index is 14.6. The van der Waals surface area contributed by atoms with Gasteiger partial charge in [0, 0.05) is 37.2 Å². The number of hydrogen-bond donors (Lipinski definition) is 1. The number of benzene rings is 1. The fraction of sp³-hybridized carbons (Fsp3) is 0.588. The van der Waals surface area contributed by atoms with Crippen LogP contribution in [0.3, 0.4) is 0 Å². The SMILES string of the molecule is COC(CN[S+](C)[O-])CN(C=O)c1ccc(N2CC3(COC3)C2)c(F)c1. The molecule has 1 aromatic carbocycles. The zero-order valence-corrected chi connectivity index (χ0v) is 15.8. The van der Waals surface area contributed by atoms with Gasteiger partial charge in [-0.25, -0.2) is 4.39 Å². The number of carbonyl (C=O) groups is 1. The van der Waals surface area contributed by atoms with Crippen molar-refractivity contribution in [3.63, 3.8) is 0 Å². The Balaban J connectivity index is 1.63. The highest BCUT2D eigenvalue weighted by molar-refractivity contribution is 7.88. The number of nitrogens with zero attached hydrogens (tertiary/aromatic N) is 2. The zero-order valence-electron chi connectivity index (χ0n) is 14.9. The molecule has 2 heterocycles. The Kier molecular flexibility index (Phi) is 6.03. The second kappa shape index (κ2) is 8.10. The standard InChI is InChI=1S/C17H24FN3O4S/c1-24-14(6-19-26(2)23)7-20(12-22)13-3-4-16(15(18)5-13)21-8-17(9-21)10-25-11-17/h3-5,12,14,19H,6-11H2,1-2H3. The topological polar surface area (TPSA) is 77.1 Å². The molecule has 9 heteroatoms. The Hall–Kier alpha value is -1.39. The molecule has 2 aliphatic rings.